The van der Waals surface area contributed by atoms with Crippen LogP contribution in [-0.2, 0) is 9.59 Å². The number of fused-ring (bicyclic) bond motifs is 1. The van der Waals surface area contributed by atoms with E-state index in [0.29, 0.717) is 0 Å². The van der Waals surface area contributed by atoms with Crippen molar-refractivity contribution >= 4 is 11.8 Å². The molecular weight excluding hydrogens is 204 g/mol. The first-order valence-electron chi connectivity index (χ1n) is 6.14. The number of hydrogen-bond donors (Lipinski definition) is 1. The quantitative estimate of drug-likeness (QED) is 0.658. The van der Waals surface area contributed by atoms with Crippen molar-refractivity contribution < 1.29 is 9.59 Å². The van der Waals surface area contributed by atoms with Crippen molar-refractivity contribution in [2.75, 3.05) is 6.54 Å². The van der Waals surface area contributed by atoms with Gasteiger partial charge in [0, 0.05) is 12.0 Å². The first-order chi connectivity index (χ1) is 7.53. The topological polar surface area (TPSA) is 49.4 Å². The molecule has 0 aromatic heterocycles. The van der Waals surface area contributed by atoms with Crippen LogP contribution in [0.4, 0.5) is 0 Å². The van der Waals surface area contributed by atoms with Crippen LogP contribution in [0.25, 0.3) is 0 Å². The number of imide groups is 1. The number of nitrogens with zero attached hydrogens (tertiary/aromatic N) is 1. The van der Waals surface area contributed by atoms with Gasteiger partial charge in [0.05, 0.1) is 11.5 Å². The molecule has 4 nitrogen and oxygen atoms in total. The molecule has 1 aliphatic carbocycles. The van der Waals surface area contributed by atoms with Gasteiger partial charge in [-0.15, -0.1) is 0 Å². The molecular formula is C12H18N2O2. The molecule has 16 heavy (non-hydrogen) atoms. The summed E-state index contributed by atoms with van der Waals surface area (Å²) in [6.45, 7) is 4.82. The summed E-state index contributed by atoms with van der Waals surface area (Å²) in [7, 11) is 0. The average molecular weight is 222 g/mol. The van der Waals surface area contributed by atoms with Gasteiger partial charge in [0.15, 0.2) is 0 Å². The minimum atomic E-state index is -0.425. The molecule has 3 rings (SSSR count). The molecule has 2 heterocycles. The summed E-state index contributed by atoms with van der Waals surface area (Å²) >= 11 is 0. The Labute approximate surface area is 95.4 Å². The molecule has 2 amide bonds. The van der Waals surface area contributed by atoms with Gasteiger partial charge in [-0.2, -0.15) is 0 Å². The minimum absolute atomic E-state index is 0.0200. The van der Waals surface area contributed by atoms with Crippen LogP contribution >= 0.6 is 0 Å². The first-order valence-corrected chi connectivity index (χ1v) is 6.14. The van der Waals surface area contributed by atoms with Crippen LogP contribution in [0.5, 0.6) is 0 Å². The maximum atomic E-state index is 12.3. The van der Waals surface area contributed by atoms with Crippen molar-refractivity contribution in [1.29, 1.82) is 0 Å². The molecule has 1 N–H and O–H groups in total. The second kappa shape index (κ2) is 3.06. The van der Waals surface area contributed by atoms with Crippen molar-refractivity contribution in [3.05, 3.63) is 0 Å². The van der Waals surface area contributed by atoms with E-state index in [4.69, 9.17) is 0 Å². The third-order valence-corrected chi connectivity index (χ3v) is 4.23. The van der Waals surface area contributed by atoms with Crippen molar-refractivity contribution in [2.45, 2.75) is 45.2 Å². The number of hydrogen-bond acceptors (Lipinski definition) is 3. The summed E-state index contributed by atoms with van der Waals surface area (Å²) in [6, 6.07) is 0.262. The van der Waals surface area contributed by atoms with Crippen molar-refractivity contribution in [3.63, 3.8) is 0 Å². The Morgan fingerprint density at radius 2 is 2.06 bits per heavy atom. The van der Waals surface area contributed by atoms with Gasteiger partial charge < -0.3 is 5.32 Å². The van der Waals surface area contributed by atoms with Gasteiger partial charge in [0.25, 0.3) is 0 Å². The lowest BCUT2D eigenvalue weighted by Gasteiger charge is -2.22. The lowest BCUT2D eigenvalue weighted by molar-refractivity contribution is -0.147. The number of rotatable bonds is 1. The Hall–Kier alpha value is -0.900. The Morgan fingerprint density at radius 1 is 1.38 bits per heavy atom. The van der Waals surface area contributed by atoms with E-state index < -0.39 is 5.41 Å². The predicted molar refractivity (Wildman–Crippen MR) is 58.6 cm³/mol. The zero-order valence-electron chi connectivity index (χ0n) is 9.82. The SMILES string of the molecule is CC1(C)C(=O)N(C(=O)C2CC2)C2CCNC21. The summed E-state index contributed by atoms with van der Waals surface area (Å²) < 4.78 is 0. The lowest BCUT2D eigenvalue weighted by atomic mass is 9.85. The number of amides is 2. The van der Waals surface area contributed by atoms with E-state index >= 15 is 0 Å². The highest BCUT2D eigenvalue weighted by atomic mass is 16.2. The van der Waals surface area contributed by atoms with Crippen LogP contribution in [0.1, 0.15) is 33.1 Å². The number of carbonyl (C=O) groups excluding carboxylic acids is 2. The van der Waals surface area contributed by atoms with Gasteiger partial charge in [0.1, 0.15) is 0 Å². The molecule has 2 aliphatic heterocycles. The smallest absolute Gasteiger partial charge is 0.236 e. The highest BCUT2D eigenvalue weighted by Gasteiger charge is 2.58. The van der Waals surface area contributed by atoms with E-state index in [0.717, 1.165) is 25.8 Å². The van der Waals surface area contributed by atoms with Gasteiger partial charge >= 0.3 is 0 Å². The summed E-state index contributed by atoms with van der Waals surface area (Å²) in [5.74, 6) is 0.236. The molecule has 3 fully saturated rings. The molecule has 0 radical (unpaired) electrons. The molecule has 0 aromatic carbocycles. The van der Waals surface area contributed by atoms with Crippen molar-refractivity contribution in [2.24, 2.45) is 11.3 Å². The first kappa shape index (κ1) is 10.3. The van der Waals surface area contributed by atoms with Crippen LogP contribution in [0.15, 0.2) is 0 Å². The zero-order chi connectivity index (χ0) is 11.5. The van der Waals surface area contributed by atoms with Crippen LogP contribution in [0.3, 0.4) is 0 Å². The molecule has 2 saturated heterocycles. The van der Waals surface area contributed by atoms with Crippen molar-refractivity contribution in [3.8, 4) is 0 Å². The summed E-state index contributed by atoms with van der Waals surface area (Å²) in [5.41, 5.74) is -0.425. The van der Waals surface area contributed by atoms with Crippen LogP contribution in [0.2, 0.25) is 0 Å². The second-order valence-corrected chi connectivity index (χ2v) is 5.80. The van der Waals surface area contributed by atoms with E-state index in [-0.39, 0.29) is 29.8 Å². The van der Waals surface area contributed by atoms with Gasteiger partial charge in [-0.05, 0) is 39.7 Å². The van der Waals surface area contributed by atoms with E-state index in [1.807, 2.05) is 13.8 Å². The van der Waals surface area contributed by atoms with Crippen molar-refractivity contribution in [1.82, 2.24) is 10.2 Å². The normalized spacial score (nSPS) is 36.6. The second-order valence-electron chi connectivity index (χ2n) is 5.80. The summed E-state index contributed by atoms with van der Waals surface area (Å²) in [4.78, 5) is 26.0. The van der Waals surface area contributed by atoms with Gasteiger partial charge in [-0.25, -0.2) is 0 Å². The third kappa shape index (κ3) is 1.19. The molecule has 4 heteroatoms. The highest BCUT2D eigenvalue weighted by molar-refractivity contribution is 6.02. The highest BCUT2D eigenvalue weighted by Crippen LogP contribution is 2.42. The molecule has 2 atom stereocenters. The Morgan fingerprint density at radius 3 is 2.69 bits per heavy atom. The van der Waals surface area contributed by atoms with E-state index in [2.05, 4.69) is 5.32 Å². The molecule has 88 valence electrons. The Bertz CT molecular complexity index is 360. The monoisotopic (exact) mass is 222 g/mol. The summed E-state index contributed by atoms with van der Waals surface area (Å²) in [6.07, 6.45) is 2.85. The van der Waals surface area contributed by atoms with Crippen LogP contribution < -0.4 is 5.32 Å². The van der Waals surface area contributed by atoms with E-state index in [1.165, 1.54) is 0 Å². The standard InChI is InChI=1S/C12H18N2O2/c1-12(2)9-8(5-6-13-9)14(11(12)16)10(15)7-3-4-7/h7-9,13H,3-6H2,1-2H3. The maximum Gasteiger partial charge on any atom is 0.236 e. The summed E-state index contributed by atoms with van der Waals surface area (Å²) in [5, 5.41) is 3.37. The van der Waals surface area contributed by atoms with Gasteiger partial charge in [-0.1, -0.05) is 0 Å². The number of likely N-dealkylation sites (tertiary alicyclic amines) is 1. The third-order valence-electron chi connectivity index (χ3n) is 4.23. The van der Waals surface area contributed by atoms with Gasteiger partial charge in [-0.3, -0.25) is 14.5 Å². The molecule has 1 saturated carbocycles. The van der Waals surface area contributed by atoms with Crippen LogP contribution in [0, 0.1) is 11.3 Å². The average Bonchev–Trinajstić information content (AvgIpc) is 2.93. The molecule has 3 aliphatic rings. The number of nitrogens with one attached hydrogen (secondary N) is 1. The Balaban J connectivity index is 1.92. The zero-order valence-corrected chi connectivity index (χ0v) is 9.82. The lowest BCUT2D eigenvalue weighted by Crippen LogP contribution is -2.41. The fraction of sp³-hybridized carbons (Fsp3) is 0.833. The largest absolute Gasteiger partial charge is 0.311 e. The molecule has 0 spiro atoms. The molecule has 0 aromatic rings. The molecule has 0 bridgehead atoms. The van der Waals surface area contributed by atoms with Crippen LogP contribution in [-0.4, -0.2) is 35.3 Å². The van der Waals surface area contributed by atoms with E-state index in [1.54, 1.807) is 4.90 Å². The molecule has 2 unspecified atom stereocenters. The maximum absolute atomic E-state index is 12.3. The Kier molecular flexibility index (Phi) is 1.97. The van der Waals surface area contributed by atoms with Gasteiger partial charge in [0.2, 0.25) is 11.8 Å². The fourth-order valence-corrected chi connectivity index (χ4v) is 3.09. The van der Waals surface area contributed by atoms with E-state index in [9.17, 15) is 9.59 Å². The fourth-order valence-electron chi connectivity index (χ4n) is 3.09. The minimum Gasteiger partial charge on any atom is -0.311 e. The predicted octanol–water partition coefficient (Wildman–Crippen LogP) is 0.522. The number of carbonyl (C=O) groups is 2.